The van der Waals surface area contributed by atoms with Crippen LogP contribution in [0.1, 0.15) is 38.3 Å². The first kappa shape index (κ1) is 12.1. The smallest absolute Gasteiger partial charge is 0.115 e. The van der Waals surface area contributed by atoms with Gasteiger partial charge in [0.05, 0.1) is 0 Å². The molecule has 1 rings (SSSR count). The second kappa shape index (κ2) is 5.76. The third kappa shape index (κ3) is 3.24. The number of nitrogens with zero attached hydrogens (tertiary/aromatic N) is 1. The standard InChI is InChI=1S/C13H21NO/c1-4-10-14(3)13(5-2)11-6-8-12(15)9-7-11/h6-9,13,15H,4-5,10H2,1-3H3. The van der Waals surface area contributed by atoms with Gasteiger partial charge in [0.25, 0.3) is 0 Å². The van der Waals surface area contributed by atoms with Crippen LogP contribution in [0.25, 0.3) is 0 Å². The molecule has 0 fully saturated rings. The minimum absolute atomic E-state index is 0.340. The van der Waals surface area contributed by atoms with Crippen molar-refractivity contribution in [2.45, 2.75) is 32.7 Å². The van der Waals surface area contributed by atoms with Crippen LogP contribution in [0, 0.1) is 0 Å². The van der Waals surface area contributed by atoms with Crippen LogP contribution in [0.5, 0.6) is 5.75 Å². The zero-order valence-corrected chi connectivity index (χ0v) is 9.90. The average molecular weight is 207 g/mol. The number of phenols is 1. The van der Waals surface area contributed by atoms with Gasteiger partial charge >= 0.3 is 0 Å². The van der Waals surface area contributed by atoms with E-state index in [0.717, 1.165) is 13.0 Å². The molecule has 0 saturated heterocycles. The van der Waals surface area contributed by atoms with E-state index in [1.807, 2.05) is 12.1 Å². The lowest BCUT2D eigenvalue weighted by Crippen LogP contribution is -2.24. The predicted octanol–water partition coefficient (Wildman–Crippen LogP) is 3.19. The fraction of sp³-hybridized carbons (Fsp3) is 0.538. The minimum Gasteiger partial charge on any atom is -0.508 e. The monoisotopic (exact) mass is 207 g/mol. The van der Waals surface area contributed by atoms with E-state index in [1.165, 1.54) is 12.0 Å². The summed E-state index contributed by atoms with van der Waals surface area (Å²) >= 11 is 0. The van der Waals surface area contributed by atoms with Gasteiger partial charge in [-0.15, -0.1) is 0 Å². The van der Waals surface area contributed by atoms with Crippen LogP contribution in [-0.2, 0) is 0 Å². The van der Waals surface area contributed by atoms with E-state index in [2.05, 4.69) is 25.8 Å². The third-order valence-electron chi connectivity index (χ3n) is 2.77. The Morgan fingerprint density at radius 1 is 1.20 bits per heavy atom. The van der Waals surface area contributed by atoms with Crippen LogP contribution >= 0.6 is 0 Å². The first-order chi connectivity index (χ1) is 7.19. The van der Waals surface area contributed by atoms with E-state index in [4.69, 9.17) is 0 Å². The number of benzene rings is 1. The Kier molecular flexibility index (Phi) is 4.63. The van der Waals surface area contributed by atoms with Crippen molar-refractivity contribution in [3.05, 3.63) is 29.8 Å². The lowest BCUT2D eigenvalue weighted by Gasteiger charge is -2.27. The van der Waals surface area contributed by atoms with Gasteiger partial charge < -0.3 is 5.11 Å². The Morgan fingerprint density at radius 2 is 1.80 bits per heavy atom. The van der Waals surface area contributed by atoms with Crippen molar-refractivity contribution in [3.63, 3.8) is 0 Å². The number of aromatic hydroxyl groups is 1. The molecule has 2 heteroatoms. The summed E-state index contributed by atoms with van der Waals surface area (Å²) in [5.41, 5.74) is 1.28. The van der Waals surface area contributed by atoms with Crippen LogP contribution < -0.4 is 0 Å². The molecule has 1 aromatic rings. The van der Waals surface area contributed by atoms with E-state index in [-0.39, 0.29) is 0 Å². The van der Waals surface area contributed by atoms with Crippen molar-refractivity contribution < 1.29 is 5.11 Å². The van der Waals surface area contributed by atoms with Crippen LogP contribution in [0.4, 0.5) is 0 Å². The largest absolute Gasteiger partial charge is 0.508 e. The van der Waals surface area contributed by atoms with Gasteiger partial charge in [0.2, 0.25) is 0 Å². The molecule has 1 unspecified atom stereocenters. The molecule has 0 saturated carbocycles. The second-order valence-electron chi connectivity index (χ2n) is 4.00. The topological polar surface area (TPSA) is 23.5 Å². The molecule has 0 heterocycles. The van der Waals surface area contributed by atoms with Gasteiger partial charge in [-0.1, -0.05) is 26.0 Å². The van der Waals surface area contributed by atoms with Gasteiger partial charge in [0, 0.05) is 6.04 Å². The quantitative estimate of drug-likeness (QED) is 0.801. The van der Waals surface area contributed by atoms with E-state index in [1.54, 1.807) is 12.1 Å². The molecule has 0 bridgehead atoms. The number of phenolic OH excluding ortho intramolecular Hbond substituents is 1. The van der Waals surface area contributed by atoms with Gasteiger partial charge in [0.15, 0.2) is 0 Å². The maximum Gasteiger partial charge on any atom is 0.115 e. The number of hydrogen-bond acceptors (Lipinski definition) is 2. The van der Waals surface area contributed by atoms with Gasteiger partial charge in [0.1, 0.15) is 5.75 Å². The van der Waals surface area contributed by atoms with Crippen LogP contribution in [0.2, 0.25) is 0 Å². The summed E-state index contributed by atoms with van der Waals surface area (Å²) in [4.78, 5) is 2.37. The highest BCUT2D eigenvalue weighted by molar-refractivity contribution is 5.27. The van der Waals surface area contributed by atoms with Crippen molar-refractivity contribution in [2.75, 3.05) is 13.6 Å². The molecular weight excluding hydrogens is 186 g/mol. The fourth-order valence-corrected chi connectivity index (χ4v) is 2.01. The molecule has 0 amide bonds. The Bertz CT molecular complexity index is 281. The Balaban J connectivity index is 2.77. The number of rotatable bonds is 5. The Hall–Kier alpha value is -1.02. The molecule has 0 radical (unpaired) electrons. The molecule has 0 aromatic heterocycles. The molecule has 0 aliphatic heterocycles. The Labute approximate surface area is 92.5 Å². The van der Waals surface area contributed by atoms with Gasteiger partial charge in [-0.25, -0.2) is 0 Å². The van der Waals surface area contributed by atoms with Crippen LogP contribution in [0.15, 0.2) is 24.3 Å². The maximum atomic E-state index is 9.24. The molecule has 1 atom stereocenters. The first-order valence-electron chi connectivity index (χ1n) is 5.68. The van der Waals surface area contributed by atoms with Crippen molar-refractivity contribution in [1.29, 1.82) is 0 Å². The zero-order valence-electron chi connectivity index (χ0n) is 9.90. The molecule has 0 aliphatic rings. The summed E-state index contributed by atoms with van der Waals surface area (Å²) in [6, 6.07) is 8.01. The summed E-state index contributed by atoms with van der Waals surface area (Å²) in [5.74, 6) is 0.340. The average Bonchev–Trinajstić information content (AvgIpc) is 2.22. The lowest BCUT2D eigenvalue weighted by atomic mass is 10.0. The molecule has 1 aromatic carbocycles. The Morgan fingerprint density at radius 3 is 2.27 bits per heavy atom. The predicted molar refractivity (Wildman–Crippen MR) is 64.1 cm³/mol. The normalized spacial score (nSPS) is 13.1. The van der Waals surface area contributed by atoms with E-state index in [0.29, 0.717) is 11.8 Å². The first-order valence-corrected chi connectivity index (χ1v) is 5.68. The van der Waals surface area contributed by atoms with E-state index in [9.17, 15) is 5.11 Å². The second-order valence-corrected chi connectivity index (χ2v) is 4.00. The summed E-state index contributed by atoms with van der Waals surface area (Å²) in [5, 5.41) is 9.24. The zero-order chi connectivity index (χ0) is 11.3. The molecule has 2 nitrogen and oxygen atoms in total. The van der Waals surface area contributed by atoms with Crippen molar-refractivity contribution in [3.8, 4) is 5.75 Å². The van der Waals surface area contributed by atoms with Gasteiger partial charge in [-0.2, -0.15) is 0 Å². The molecule has 0 spiro atoms. The van der Waals surface area contributed by atoms with Crippen molar-refractivity contribution in [1.82, 2.24) is 4.90 Å². The SMILES string of the molecule is CCCN(C)C(CC)c1ccc(O)cc1. The fourth-order valence-electron chi connectivity index (χ4n) is 2.01. The minimum atomic E-state index is 0.340. The summed E-state index contributed by atoms with van der Waals surface area (Å²) in [7, 11) is 2.16. The molecule has 0 aliphatic carbocycles. The maximum absolute atomic E-state index is 9.24. The van der Waals surface area contributed by atoms with Gasteiger partial charge in [-0.05, 0) is 44.1 Å². The number of hydrogen-bond donors (Lipinski definition) is 1. The van der Waals surface area contributed by atoms with Crippen LogP contribution in [-0.4, -0.2) is 23.6 Å². The molecule has 15 heavy (non-hydrogen) atoms. The molecular formula is C13H21NO. The lowest BCUT2D eigenvalue weighted by molar-refractivity contribution is 0.239. The van der Waals surface area contributed by atoms with Crippen LogP contribution in [0.3, 0.4) is 0 Å². The highest BCUT2D eigenvalue weighted by atomic mass is 16.3. The molecule has 1 N–H and O–H groups in total. The third-order valence-corrected chi connectivity index (χ3v) is 2.77. The molecule has 84 valence electrons. The van der Waals surface area contributed by atoms with Gasteiger partial charge in [-0.3, -0.25) is 4.90 Å². The van der Waals surface area contributed by atoms with E-state index < -0.39 is 0 Å². The van der Waals surface area contributed by atoms with Crippen molar-refractivity contribution >= 4 is 0 Å². The summed E-state index contributed by atoms with van der Waals surface area (Å²) in [6.07, 6.45) is 2.27. The summed E-state index contributed by atoms with van der Waals surface area (Å²) in [6.45, 7) is 5.50. The van der Waals surface area contributed by atoms with Crippen molar-refractivity contribution in [2.24, 2.45) is 0 Å². The highest BCUT2D eigenvalue weighted by Crippen LogP contribution is 2.24. The van der Waals surface area contributed by atoms with E-state index >= 15 is 0 Å². The summed E-state index contributed by atoms with van der Waals surface area (Å²) < 4.78 is 0. The highest BCUT2D eigenvalue weighted by Gasteiger charge is 2.13.